The number of hydrogen-bond acceptors (Lipinski definition) is 5. The summed E-state index contributed by atoms with van der Waals surface area (Å²) in [6.07, 6.45) is 0.413. The maximum Gasteiger partial charge on any atom is 0.295 e. The molecule has 1 atom stereocenters. The third kappa shape index (κ3) is 5.54. The van der Waals surface area contributed by atoms with Crippen molar-refractivity contribution in [3.63, 3.8) is 0 Å². The predicted octanol–water partition coefficient (Wildman–Crippen LogP) is 4.64. The first-order valence-corrected chi connectivity index (χ1v) is 11.1. The molecule has 1 fully saturated rings. The summed E-state index contributed by atoms with van der Waals surface area (Å²) in [5.41, 5.74) is 0.642. The van der Waals surface area contributed by atoms with Gasteiger partial charge in [0.05, 0.1) is 17.7 Å². The average Bonchev–Trinajstić information content (AvgIpc) is 2.99. The lowest BCUT2D eigenvalue weighted by Crippen LogP contribution is -2.32. The Bertz CT molecular complexity index is 1070. The largest absolute Gasteiger partial charge is 0.507 e. The van der Waals surface area contributed by atoms with Crippen molar-refractivity contribution in [1.82, 2.24) is 9.80 Å². The number of halogens is 2. The molecule has 0 aromatic heterocycles. The van der Waals surface area contributed by atoms with Crippen LogP contribution in [0, 0.1) is 5.82 Å². The third-order valence-corrected chi connectivity index (χ3v) is 5.55. The fourth-order valence-corrected chi connectivity index (χ4v) is 3.94. The number of aliphatic hydroxyl groups is 1. The van der Waals surface area contributed by atoms with Gasteiger partial charge in [-0.2, -0.15) is 0 Å². The first-order chi connectivity index (χ1) is 15.6. The number of carbonyl (C=O) groups excluding carboxylic acids is 2. The van der Waals surface area contributed by atoms with Gasteiger partial charge in [0.2, 0.25) is 0 Å². The Kier molecular flexibility index (Phi) is 7.76. The third-order valence-electron chi connectivity index (χ3n) is 5.30. The molecule has 33 heavy (non-hydrogen) atoms. The minimum atomic E-state index is -0.806. The quantitative estimate of drug-likeness (QED) is 0.343. The van der Waals surface area contributed by atoms with E-state index < -0.39 is 29.3 Å². The lowest BCUT2D eigenvalue weighted by atomic mass is 9.95. The monoisotopic (exact) mass is 474 g/mol. The molecule has 0 unspecified atom stereocenters. The number of nitrogens with zero attached hydrogens (tertiary/aromatic N) is 2. The number of Topliss-reactive ketones (excluding diaryl/α,β-unsaturated/α-hetero) is 1. The van der Waals surface area contributed by atoms with Gasteiger partial charge in [0, 0.05) is 17.1 Å². The zero-order chi connectivity index (χ0) is 24.3. The van der Waals surface area contributed by atoms with Crippen LogP contribution in [0.4, 0.5) is 4.39 Å². The summed E-state index contributed by atoms with van der Waals surface area (Å²) >= 11 is 6.03. The van der Waals surface area contributed by atoms with Crippen LogP contribution < -0.4 is 4.74 Å². The Hall–Kier alpha value is -2.90. The second-order valence-corrected chi connectivity index (χ2v) is 8.95. The molecule has 0 radical (unpaired) electrons. The smallest absolute Gasteiger partial charge is 0.295 e. The summed E-state index contributed by atoms with van der Waals surface area (Å²) in [6.45, 7) is 4.59. The highest BCUT2D eigenvalue weighted by molar-refractivity contribution is 6.46. The summed E-state index contributed by atoms with van der Waals surface area (Å²) in [7, 11) is 3.85. The molecule has 1 N–H and O–H groups in total. The van der Waals surface area contributed by atoms with Crippen molar-refractivity contribution < 1.29 is 23.8 Å². The van der Waals surface area contributed by atoms with E-state index >= 15 is 0 Å². The fourth-order valence-electron chi connectivity index (χ4n) is 3.81. The van der Waals surface area contributed by atoms with Gasteiger partial charge in [-0.05, 0) is 76.8 Å². The van der Waals surface area contributed by atoms with Crippen molar-refractivity contribution in [2.24, 2.45) is 0 Å². The summed E-state index contributed by atoms with van der Waals surface area (Å²) in [5.74, 6) is -2.56. The van der Waals surface area contributed by atoms with Crippen LogP contribution in [0.15, 0.2) is 48.0 Å². The van der Waals surface area contributed by atoms with Gasteiger partial charge in [0.25, 0.3) is 11.7 Å². The van der Waals surface area contributed by atoms with E-state index in [9.17, 15) is 19.1 Å². The Morgan fingerprint density at radius 3 is 2.42 bits per heavy atom. The molecular weight excluding hydrogens is 447 g/mol. The normalized spacial score (nSPS) is 17.9. The van der Waals surface area contributed by atoms with Gasteiger partial charge in [-0.25, -0.2) is 4.39 Å². The molecule has 0 aliphatic carbocycles. The highest BCUT2D eigenvalue weighted by atomic mass is 35.5. The van der Waals surface area contributed by atoms with Crippen molar-refractivity contribution in [3.8, 4) is 5.75 Å². The van der Waals surface area contributed by atoms with E-state index in [0.29, 0.717) is 23.6 Å². The number of hydrogen-bond donors (Lipinski definition) is 1. The van der Waals surface area contributed by atoms with Crippen molar-refractivity contribution in [2.75, 3.05) is 27.2 Å². The maximum absolute atomic E-state index is 14.6. The number of ketones is 1. The summed E-state index contributed by atoms with van der Waals surface area (Å²) < 4.78 is 20.0. The van der Waals surface area contributed by atoms with Crippen LogP contribution in [-0.4, -0.2) is 59.9 Å². The number of carbonyl (C=O) groups is 2. The summed E-state index contributed by atoms with van der Waals surface area (Å²) in [6, 6.07) is 9.91. The van der Waals surface area contributed by atoms with Gasteiger partial charge < -0.3 is 19.6 Å². The molecule has 0 saturated carbocycles. The molecule has 3 rings (SSSR count). The van der Waals surface area contributed by atoms with Crippen molar-refractivity contribution in [2.45, 2.75) is 32.4 Å². The maximum atomic E-state index is 14.6. The second kappa shape index (κ2) is 10.4. The molecule has 0 spiro atoms. The SMILES string of the molecule is CC(C)Oc1ccc(C(O)=C2C(=O)C(=O)N(CCCN(C)C)[C@@H]2c2ccc(Cl)cc2)cc1F. The second-order valence-electron chi connectivity index (χ2n) is 8.51. The Morgan fingerprint density at radius 1 is 1.18 bits per heavy atom. The topological polar surface area (TPSA) is 70.1 Å². The number of aliphatic hydroxyl groups excluding tert-OH is 1. The van der Waals surface area contributed by atoms with Crippen molar-refractivity contribution >= 4 is 29.1 Å². The fraction of sp³-hybridized carbons (Fsp3) is 0.360. The van der Waals surface area contributed by atoms with Crippen LogP contribution >= 0.6 is 11.6 Å². The zero-order valence-electron chi connectivity index (χ0n) is 19.1. The van der Waals surface area contributed by atoms with Crippen LogP contribution in [0.1, 0.15) is 37.4 Å². The predicted molar refractivity (Wildman–Crippen MR) is 126 cm³/mol. The van der Waals surface area contributed by atoms with E-state index in [1.807, 2.05) is 19.0 Å². The van der Waals surface area contributed by atoms with E-state index in [1.54, 1.807) is 38.1 Å². The minimum Gasteiger partial charge on any atom is -0.507 e. The van der Waals surface area contributed by atoms with Gasteiger partial charge >= 0.3 is 0 Å². The van der Waals surface area contributed by atoms with E-state index in [2.05, 4.69) is 0 Å². The molecule has 176 valence electrons. The van der Waals surface area contributed by atoms with E-state index in [-0.39, 0.29) is 23.0 Å². The van der Waals surface area contributed by atoms with Gasteiger partial charge in [0.15, 0.2) is 11.6 Å². The Morgan fingerprint density at radius 2 is 1.85 bits per heavy atom. The Labute approximate surface area is 198 Å². The van der Waals surface area contributed by atoms with E-state index in [1.165, 1.54) is 17.0 Å². The molecule has 0 bridgehead atoms. The van der Waals surface area contributed by atoms with Gasteiger partial charge in [-0.1, -0.05) is 23.7 Å². The van der Waals surface area contributed by atoms with E-state index in [0.717, 1.165) is 12.6 Å². The average molecular weight is 475 g/mol. The molecule has 6 nitrogen and oxygen atoms in total. The first-order valence-electron chi connectivity index (χ1n) is 10.7. The summed E-state index contributed by atoms with van der Waals surface area (Å²) in [4.78, 5) is 29.4. The van der Waals surface area contributed by atoms with Crippen molar-refractivity contribution in [1.29, 1.82) is 0 Å². The molecule has 1 heterocycles. The molecule has 2 aromatic rings. The lowest BCUT2D eigenvalue weighted by molar-refractivity contribution is -0.139. The van der Waals surface area contributed by atoms with Crippen LogP contribution in [0.5, 0.6) is 5.75 Å². The van der Waals surface area contributed by atoms with Gasteiger partial charge in [0.1, 0.15) is 5.76 Å². The lowest BCUT2D eigenvalue weighted by Gasteiger charge is -2.26. The first kappa shape index (κ1) is 24.7. The highest BCUT2D eigenvalue weighted by Gasteiger charge is 2.45. The number of amides is 1. The van der Waals surface area contributed by atoms with Crippen LogP contribution in [-0.2, 0) is 9.59 Å². The molecule has 8 heteroatoms. The van der Waals surface area contributed by atoms with Crippen LogP contribution in [0.3, 0.4) is 0 Å². The molecule has 1 amide bonds. The van der Waals surface area contributed by atoms with Crippen LogP contribution in [0.25, 0.3) is 5.76 Å². The standard InChI is InChI=1S/C25H28ClFN2O4/c1-15(2)33-20-11-8-17(14-19(20)27)23(30)21-22(16-6-9-18(26)10-7-16)29(25(32)24(21)31)13-5-12-28(3)4/h6-11,14-15,22,30H,5,12-13H2,1-4H3/t22-/m1/s1. The van der Waals surface area contributed by atoms with Crippen molar-refractivity contribution in [3.05, 3.63) is 70.0 Å². The summed E-state index contributed by atoms with van der Waals surface area (Å²) in [5, 5.41) is 11.6. The number of rotatable bonds is 8. The molecule has 1 saturated heterocycles. The highest BCUT2D eigenvalue weighted by Crippen LogP contribution is 2.40. The minimum absolute atomic E-state index is 0.0416. The Balaban J connectivity index is 2.07. The number of likely N-dealkylation sites (tertiary alicyclic amines) is 1. The molecule has 2 aromatic carbocycles. The molecular formula is C25H28ClFN2O4. The zero-order valence-corrected chi connectivity index (χ0v) is 19.9. The number of ether oxygens (including phenoxy) is 1. The molecule has 1 aliphatic heterocycles. The van der Waals surface area contributed by atoms with Gasteiger partial charge in [-0.3, -0.25) is 9.59 Å². The molecule has 1 aliphatic rings. The van der Waals surface area contributed by atoms with E-state index in [4.69, 9.17) is 16.3 Å². The van der Waals surface area contributed by atoms with Crippen LogP contribution in [0.2, 0.25) is 5.02 Å². The van der Waals surface area contributed by atoms with Gasteiger partial charge in [-0.15, -0.1) is 0 Å². The number of benzene rings is 2.